The summed E-state index contributed by atoms with van der Waals surface area (Å²) in [7, 11) is 0. The van der Waals surface area contributed by atoms with Gasteiger partial charge in [0.2, 0.25) is 0 Å². The van der Waals surface area contributed by atoms with Gasteiger partial charge in [0.05, 0.1) is 0 Å². The molecular formula is C15H23NS. The van der Waals surface area contributed by atoms with E-state index in [2.05, 4.69) is 36.5 Å². The van der Waals surface area contributed by atoms with Gasteiger partial charge in [-0.1, -0.05) is 31.2 Å². The molecule has 1 aliphatic rings. The Balaban J connectivity index is 1.71. The lowest BCUT2D eigenvalue weighted by molar-refractivity contribution is 0.460. The van der Waals surface area contributed by atoms with Crippen LogP contribution in [0.15, 0.2) is 24.3 Å². The molecule has 0 fully saturated rings. The van der Waals surface area contributed by atoms with E-state index in [1.807, 2.05) is 11.8 Å². The highest BCUT2D eigenvalue weighted by Gasteiger charge is 2.16. The van der Waals surface area contributed by atoms with E-state index in [9.17, 15) is 0 Å². The molecule has 1 unspecified atom stereocenters. The maximum absolute atomic E-state index is 3.71. The molecule has 0 bridgehead atoms. The van der Waals surface area contributed by atoms with Crippen molar-refractivity contribution in [2.24, 2.45) is 0 Å². The first-order valence-electron chi connectivity index (χ1n) is 6.78. The third-order valence-corrected chi connectivity index (χ3v) is 4.44. The molecule has 0 aromatic heterocycles. The van der Waals surface area contributed by atoms with Crippen LogP contribution in [0, 0.1) is 0 Å². The van der Waals surface area contributed by atoms with Gasteiger partial charge in [-0.15, -0.1) is 0 Å². The minimum absolute atomic E-state index is 0.705. The predicted octanol–water partition coefficient (Wildman–Crippen LogP) is 3.28. The molecule has 1 nitrogen and oxygen atoms in total. The molecule has 1 aromatic rings. The third-order valence-electron chi connectivity index (χ3n) is 3.45. The highest BCUT2D eigenvalue weighted by molar-refractivity contribution is 7.99. The maximum Gasteiger partial charge on any atom is 0.0111 e. The molecule has 17 heavy (non-hydrogen) atoms. The summed E-state index contributed by atoms with van der Waals surface area (Å²) in [5, 5.41) is 3.71. The SMILES string of the molecule is CCSCCCNC1CCc2ccccc2C1. The van der Waals surface area contributed by atoms with Crippen LogP contribution in [0.4, 0.5) is 0 Å². The highest BCUT2D eigenvalue weighted by Crippen LogP contribution is 2.20. The number of hydrogen-bond acceptors (Lipinski definition) is 2. The minimum atomic E-state index is 0.705. The van der Waals surface area contributed by atoms with E-state index in [0.29, 0.717) is 6.04 Å². The summed E-state index contributed by atoms with van der Waals surface area (Å²) < 4.78 is 0. The van der Waals surface area contributed by atoms with E-state index in [4.69, 9.17) is 0 Å². The lowest BCUT2D eigenvalue weighted by atomic mass is 9.88. The first-order chi connectivity index (χ1) is 8.40. The maximum atomic E-state index is 3.71. The van der Waals surface area contributed by atoms with E-state index in [-0.39, 0.29) is 0 Å². The normalized spacial score (nSPS) is 19.0. The van der Waals surface area contributed by atoms with Crippen LogP contribution in [0.25, 0.3) is 0 Å². The largest absolute Gasteiger partial charge is 0.314 e. The molecule has 0 amide bonds. The summed E-state index contributed by atoms with van der Waals surface area (Å²) >= 11 is 2.04. The topological polar surface area (TPSA) is 12.0 Å². The predicted molar refractivity (Wildman–Crippen MR) is 77.9 cm³/mol. The Kier molecular flexibility index (Phi) is 5.40. The molecule has 0 heterocycles. The fourth-order valence-electron chi connectivity index (χ4n) is 2.50. The average molecular weight is 249 g/mol. The molecule has 0 spiro atoms. The monoisotopic (exact) mass is 249 g/mol. The fraction of sp³-hybridized carbons (Fsp3) is 0.600. The highest BCUT2D eigenvalue weighted by atomic mass is 32.2. The Morgan fingerprint density at radius 3 is 2.94 bits per heavy atom. The van der Waals surface area contributed by atoms with E-state index in [1.54, 1.807) is 11.1 Å². The van der Waals surface area contributed by atoms with Gasteiger partial charge in [-0.2, -0.15) is 11.8 Å². The van der Waals surface area contributed by atoms with E-state index >= 15 is 0 Å². The summed E-state index contributed by atoms with van der Waals surface area (Å²) in [6.07, 6.45) is 5.07. The van der Waals surface area contributed by atoms with Crippen molar-refractivity contribution in [1.82, 2.24) is 5.32 Å². The average Bonchev–Trinajstić information content (AvgIpc) is 2.38. The van der Waals surface area contributed by atoms with Crippen molar-refractivity contribution < 1.29 is 0 Å². The third kappa shape index (κ3) is 4.04. The number of fused-ring (bicyclic) bond motifs is 1. The van der Waals surface area contributed by atoms with E-state index in [0.717, 1.165) is 0 Å². The first kappa shape index (κ1) is 13.0. The molecule has 1 atom stereocenters. The van der Waals surface area contributed by atoms with E-state index in [1.165, 1.54) is 43.7 Å². The standard InChI is InChI=1S/C15H23NS/c1-2-17-11-5-10-16-15-9-8-13-6-3-4-7-14(13)12-15/h3-4,6-7,15-16H,2,5,8-12H2,1H3. The number of benzene rings is 1. The minimum Gasteiger partial charge on any atom is -0.314 e. The van der Waals surface area contributed by atoms with Gasteiger partial charge in [-0.05, 0) is 54.9 Å². The van der Waals surface area contributed by atoms with Crippen LogP contribution in [0.1, 0.15) is 30.9 Å². The van der Waals surface area contributed by atoms with Gasteiger partial charge in [-0.25, -0.2) is 0 Å². The van der Waals surface area contributed by atoms with Crippen LogP contribution >= 0.6 is 11.8 Å². The van der Waals surface area contributed by atoms with Crippen molar-refractivity contribution in [2.75, 3.05) is 18.1 Å². The van der Waals surface area contributed by atoms with Gasteiger partial charge < -0.3 is 5.32 Å². The Morgan fingerprint density at radius 2 is 2.12 bits per heavy atom. The summed E-state index contributed by atoms with van der Waals surface area (Å²) in [5.74, 6) is 2.55. The molecule has 0 saturated heterocycles. The Labute approximate surface area is 109 Å². The fourth-order valence-corrected chi connectivity index (χ4v) is 3.13. The first-order valence-corrected chi connectivity index (χ1v) is 7.93. The molecule has 2 heteroatoms. The van der Waals surface area contributed by atoms with Crippen LogP contribution in [-0.4, -0.2) is 24.1 Å². The van der Waals surface area contributed by atoms with Gasteiger partial charge in [-0.3, -0.25) is 0 Å². The van der Waals surface area contributed by atoms with Crippen LogP contribution < -0.4 is 5.32 Å². The van der Waals surface area contributed by atoms with Crippen LogP contribution in [0.2, 0.25) is 0 Å². The lowest BCUT2D eigenvalue weighted by Gasteiger charge is -2.25. The van der Waals surface area contributed by atoms with Gasteiger partial charge in [0, 0.05) is 6.04 Å². The van der Waals surface area contributed by atoms with Crippen LogP contribution in [0.3, 0.4) is 0 Å². The summed E-state index contributed by atoms with van der Waals surface area (Å²) in [5.41, 5.74) is 3.12. The molecule has 1 aliphatic carbocycles. The molecule has 2 rings (SSSR count). The second kappa shape index (κ2) is 7.07. The van der Waals surface area contributed by atoms with Gasteiger partial charge in [0.1, 0.15) is 0 Å². The van der Waals surface area contributed by atoms with Crippen molar-refractivity contribution >= 4 is 11.8 Å². The second-order valence-corrected chi connectivity index (χ2v) is 6.11. The van der Waals surface area contributed by atoms with E-state index < -0.39 is 0 Å². The lowest BCUT2D eigenvalue weighted by Crippen LogP contribution is -2.35. The Morgan fingerprint density at radius 1 is 1.29 bits per heavy atom. The number of thioether (sulfide) groups is 1. The molecule has 0 aliphatic heterocycles. The second-order valence-electron chi connectivity index (χ2n) is 4.71. The molecule has 1 N–H and O–H groups in total. The molecular weight excluding hydrogens is 226 g/mol. The molecule has 94 valence electrons. The number of rotatable bonds is 6. The van der Waals surface area contributed by atoms with Crippen LogP contribution in [-0.2, 0) is 12.8 Å². The Bertz CT molecular complexity index is 337. The summed E-state index contributed by atoms with van der Waals surface area (Å²) in [4.78, 5) is 0. The smallest absolute Gasteiger partial charge is 0.0111 e. The molecule has 0 radical (unpaired) electrons. The van der Waals surface area contributed by atoms with Gasteiger partial charge in [0.15, 0.2) is 0 Å². The number of aryl methyl sites for hydroxylation is 1. The number of nitrogens with one attached hydrogen (secondary N) is 1. The quantitative estimate of drug-likeness (QED) is 0.777. The van der Waals surface area contributed by atoms with Gasteiger partial charge in [0.25, 0.3) is 0 Å². The van der Waals surface area contributed by atoms with Crippen molar-refractivity contribution in [3.8, 4) is 0 Å². The van der Waals surface area contributed by atoms with Crippen molar-refractivity contribution in [2.45, 2.75) is 38.6 Å². The van der Waals surface area contributed by atoms with Gasteiger partial charge >= 0.3 is 0 Å². The molecule has 0 saturated carbocycles. The summed E-state index contributed by atoms with van der Waals surface area (Å²) in [6, 6.07) is 9.60. The zero-order valence-corrected chi connectivity index (χ0v) is 11.6. The summed E-state index contributed by atoms with van der Waals surface area (Å²) in [6.45, 7) is 3.41. The van der Waals surface area contributed by atoms with Crippen molar-refractivity contribution in [1.29, 1.82) is 0 Å². The molecule has 1 aromatic carbocycles. The van der Waals surface area contributed by atoms with Crippen molar-refractivity contribution in [3.63, 3.8) is 0 Å². The Hall–Kier alpha value is -0.470. The number of hydrogen-bond donors (Lipinski definition) is 1. The van der Waals surface area contributed by atoms with Crippen LogP contribution in [0.5, 0.6) is 0 Å². The zero-order valence-electron chi connectivity index (χ0n) is 10.7. The zero-order chi connectivity index (χ0) is 11.9. The van der Waals surface area contributed by atoms with Crippen molar-refractivity contribution in [3.05, 3.63) is 35.4 Å².